The zero-order chi connectivity index (χ0) is 7.11. The van der Waals surface area contributed by atoms with Crippen molar-refractivity contribution in [2.45, 2.75) is 18.6 Å². The number of rotatable bonds is 5. The second-order valence-corrected chi connectivity index (χ2v) is 3.18. The Balaban J connectivity index is 2.96. The monoisotopic (exact) mass is 147 g/mol. The van der Waals surface area contributed by atoms with Crippen LogP contribution >= 0.6 is 11.8 Å². The molecule has 0 radical (unpaired) electrons. The van der Waals surface area contributed by atoms with Crippen molar-refractivity contribution in [1.82, 2.24) is 5.32 Å². The number of carbonyl (C=O) groups excluding carboxylic acids is 1. The largest absolute Gasteiger partial charge is 0.359 e. The van der Waals surface area contributed by atoms with Crippen LogP contribution in [0, 0.1) is 0 Å². The fourth-order valence-corrected chi connectivity index (χ4v) is 0.817. The Bertz CT molecular complexity index is 77.5. The molecule has 0 aromatic rings. The highest BCUT2D eigenvalue weighted by Crippen LogP contribution is 2.07. The number of nitrogens with one attached hydrogen (secondary N) is 1. The topological polar surface area (TPSA) is 29.1 Å². The van der Waals surface area contributed by atoms with E-state index in [1.54, 1.807) is 0 Å². The molecule has 0 aliphatic rings. The van der Waals surface area contributed by atoms with Crippen molar-refractivity contribution in [2.75, 3.05) is 12.8 Å². The molecule has 1 atom stereocenters. The SMILES string of the molecule is CSC(C)CCNC=O. The van der Waals surface area contributed by atoms with Crippen molar-refractivity contribution >= 4 is 18.2 Å². The van der Waals surface area contributed by atoms with Crippen molar-refractivity contribution in [1.29, 1.82) is 0 Å². The van der Waals surface area contributed by atoms with Crippen LogP contribution in [0.15, 0.2) is 0 Å². The first-order valence-corrected chi connectivity index (χ1v) is 4.30. The Hall–Kier alpha value is -0.180. The number of hydrogen-bond acceptors (Lipinski definition) is 2. The van der Waals surface area contributed by atoms with E-state index in [-0.39, 0.29) is 0 Å². The molecule has 0 saturated heterocycles. The predicted octanol–water partition coefficient (Wildman–Crippen LogP) is 0.874. The van der Waals surface area contributed by atoms with Crippen LogP contribution in [0.5, 0.6) is 0 Å². The molecule has 1 unspecified atom stereocenters. The Kier molecular flexibility index (Phi) is 5.83. The van der Waals surface area contributed by atoms with Crippen LogP contribution < -0.4 is 5.32 Å². The van der Waals surface area contributed by atoms with Gasteiger partial charge in [-0.05, 0) is 12.7 Å². The smallest absolute Gasteiger partial charge is 0.207 e. The molecule has 0 aromatic heterocycles. The molecule has 0 heterocycles. The highest BCUT2D eigenvalue weighted by atomic mass is 32.2. The van der Waals surface area contributed by atoms with E-state index in [4.69, 9.17) is 0 Å². The van der Waals surface area contributed by atoms with Gasteiger partial charge in [0.05, 0.1) is 0 Å². The summed E-state index contributed by atoms with van der Waals surface area (Å²) in [6.45, 7) is 2.95. The maximum atomic E-state index is 9.76. The van der Waals surface area contributed by atoms with E-state index in [1.807, 2.05) is 11.8 Å². The van der Waals surface area contributed by atoms with Gasteiger partial charge in [0.15, 0.2) is 0 Å². The third kappa shape index (κ3) is 5.69. The van der Waals surface area contributed by atoms with Crippen LogP contribution in [0.3, 0.4) is 0 Å². The minimum atomic E-state index is 0.650. The summed E-state index contributed by atoms with van der Waals surface area (Å²) in [5.74, 6) is 0. The molecule has 3 heteroatoms. The fourth-order valence-electron chi connectivity index (χ4n) is 0.463. The van der Waals surface area contributed by atoms with Gasteiger partial charge >= 0.3 is 0 Å². The van der Waals surface area contributed by atoms with E-state index >= 15 is 0 Å². The van der Waals surface area contributed by atoms with Gasteiger partial charge in [0.25, 0.3) is 0 Å². The number of hydrogen-bond donors (Lipinski definition) is 1. The summed E-state index contributed by atoms with van der Waals surface area (Å²) in [5, 5.41) is 3.27. The minimum Gasteiger partial charge on any atom is -0.359 e. The summed E-state index contributed by atoms with van der Waals surface area (Å²) < 4.78 is 0. The first-order chi connectivity index (χ1) is 4.31. The van der Waals surface area contributed by atoms with E-state index in [1.165, 1.54) is 0 Å². The molecule has 0 spiro atoms. The molecule has 1 N–H and O–H groups in total. The van der Waals surface area contributed by atoms with E-state index < -0.39 is 0 Å². The lowest BCUT2D eigenvalue weighted by Crippen LogP contribution is -2.15. The molecule has 0 saturated carbocycles. The van der Waals surface area contributed by atoms with Gasteiger partial charge in [-0.2, -0.15) is 11.8 Å². The van der Waals surface area contributed by atoms with Crippen LogP contribution in [0.2, 0.25) is 0 Å². The van der Waals surface area contributed by atoms with Crippen LogP contribution in [-0.2, 0) is 4.79 Å². The van der Waals surface area contributed by atoms with Crippen LogP contribution in [0.25, 0.3) is 0 Å². The Morgan fingerprint density at radius 2 is 2.44 bits per heavy atom. The van der Waals surface area contributed by atoms with Crippen LogP contribution in [0.1, 0.15) is 13.3 Å². The average Bonchev–Trinajstić information content (AvgIpc) is 1.89. The van der Waals surface area contributed by atoms with Gasteiger partial charge in [-0.1, -0.05) is 6.92 Å². The quantitative estimate of drug-likeness (QED) is 0.462. The van der Waals surface area contributed by atoms with Crippen LogP contribution in [-0.4, -0.2) is 24.5 Å². The predicted molar refractivity (Wildman–Crippen MR) is 41.7 cm³/mol. The van der Waals surface area contributed by atoms with Crippen molar-refractivity contribution in [3.63, 3.8) is 0 Å². The molecule has 2 nitrogen and oxygen atoms in total. The normalized spacial score (nSPS) is 12.7. The second kappa shape index (κ2) is 5.95. The van der Waals surface area contributed by atoms with Crippen molar-refractivity contribution in [3.05, 3.63) is 0 Å². The molecule has 0 aromatic carbocycles. The third-order valence-electron chi connectivity index (χ3n) is 1.18. The Morgan fingerprint density at radius 3 is 2.89 bits per heavy atom. The van der Waals surface area contributed by atoms with Crippen LogP contribution in [0.4, 0.5) is 0 Å². The Labute approximate surface area is 60.4 Å². The van der Waals surface area contributed by atoms with Gasteiger partial charge in [0, 0.05) is 11.8 Å². The number of thioether (sulfide) groups is 1. The molecule has 0 aliphatic carbocycles. The highest BCUT2D eigenvalue weighted by Gasteiger charge is 1.95. The zero-order valence-electron chi connectivity index (χ0n) is 5.89. The van der Waals surface area contributed by atoms with E-state index in [2.05, 4.69) is 18.5 Å². The number of carbonyl (C=O) groups is 1. The van der Waals surface area contributed by atoms with E-state index in [9.17, 15) is 4.79 Å². The first-order valence-electron chi connectivity index (χ1n) is 3.01. The summed E-state index contributed by atoms with van der Waals surface area (Å²) in [6.07, 6.45) is 3.87. The summed E-state index contributed by atoms with van der Waals surface area (Å²) in [6, 6.07) is 0. The van der Waals surface area contributed by atoms with Gasteiger partial charge < -0.3 is 5.32 Å². The van der Waals surface area contributed by atoms with Crippen molar-refractivity contribution in [2.24, 2.45) is 0 Å². The fraction of sp³-hybridized carbons (Fsp3) is 0.833. The van der Waals surface area contributed by atoms with Gasteiger partial charge in [-0.15, -0.1) is 0 Å². The molecule has 0 fully saturated rings. The third-order valence-corrected chi connectivity index (χ3v) is 2.22. The molecule has 0 aliphatic heterocycles. The molecule has 0 rings (SSSR count). The molecule has 54 valence electrons. The molecule has 9 heavy (non-hydrogen) atoms. The lowest BCUT2D eigenvalue weighted by Gasteiger charge is -2.05. The minimum absolute atomic E-state index is 0.650. The summed E-state index contributed by atoms with van der Waals surface area (Å²) >= 11 is 1.82. The van der Waals surface area contributed by atoms with Crippen molar-refractivity contribution in [3.8, 4) is 0 Å². The average molecular weight is 147 g/mol. The van der Waals surface area contributed by atoms with Gasteiger partial charge in [0.1, 0.15) is 0 Å². The van der Waals surface area contributed by atoms with Gasteiger partial charge in [-0.3, -0.25) is 4.79 Å². The standard InChI is InChI=1S/C6H13NOS/c1-6(9-2)3-4-7-5-8/h5-6H,3-4H2,1-2H3,(H,7,8). The maximum Gasteiger partial charge on any atom is 0.207 e. The molecule has 0 bridgehead atoms. The number of amides is 1. The Morgan fingerprint density at radius 1 is 1.78 bits per heavy atom. The van der Waals surface area contributed by atoms with Gasteiger partial charge in [0.2, 0.25) is 6.41 Å². The van der Waals surface area contributed by atoms with E-state index in [0.29, 0.717) is 5.25 Å². The second-order valence-electron chi connectivity index (χ2n) is 1.91. The van der Waals surface area contributed by atoms with Crippen molar-refractivity contribution < 1.29 is 4.79 Å². The first kappa shape index (κ1) is 8.82. The molecular weight excluding hydrogens is 134 g/mol. The summed E-state index contributed by atoms with van der Waals surface area (Å²) in [4.78, 5) is 9.76. The maximum absolute atomic E-state index is 9.76. The summed E-state index contributed by atoms with van der Waals surface area (Å²) in [5.41, 5.74) is 0. The summed E-state index contributed by atoms with van der Waals surface area (Å²) in [7, 11) is 0. The molecule has 1 amide bonds. The highest BCUT2D eigenvalue weighted by molar-refractivity contribution is 7.99. The lowest BCUT2D eigenvalue weighted by molar-refractivity contribution is -0.109. The van der Waals surface area contributed by atoms with Gasteiger partial charge in [-0.25, -0.2) is 0 Å². The lowest BCUT2D eigenvalue weighted by atomic mass is 10.3. The van der Waals surface area contributed by atoms with E-state index in [0.717, 1.165) is 19.4 Å². The zero-order valence-corrected chi connectivity index (χ0v) is 6.70. The molecular formula is C6H13NOS.